The van der Waals surface area contributed by atoms with Gasteiger partial charge in [0.2, 0.25) is 0 Å². The highest BCUT2D eigenvalue weighted by Gasteiger charge is 2.26. The van der Waals surface area contributed by atoms with Crippen molar-refractivity contribution in [3.63, 3.8) is 0 Å². The van der Waals surface area contributed by atoms with Gasteiger partial charge in [0.25, 0.3) is 0 Å². The van der Waals surface area contributed by atoms with Crippen LogP contribution < -0.4 is 0 Å². The van der Waals surface area contributed by atoms with E-state index in [0.29, 0.717) is 0 Å². The molecule has 0 radical (unpaired) electrons. The molecule has 0 spiro atoms. The summed E-state index contributed by atoms with van der Waals surface area (Å²) in [6, 6.07) is 34.5. The second-order valence-corrected chi connectivity index (χ2v) is 10.6. The van der Waals surface area contributed by atoms with E-state index in [9.17, 15) is 0 Å². The van der Waals surface area contributed by atoms with Crippen LogP contribution in [-0.4, -0.2) is 19.9 Å². The van der Waals surface area contributed by atoms with Crippen molar-refractivity contribution in [2.45, 2.75) is 0 Å². The summed E-state index contributed by atoms with van der Waals surface area (Å²) in [4.78, 5) is 20.1. The number of nitrogens with zero attached hydrogens (tertiary/aromatic N) is 4. The summed E-state index contributed by atoms with van der Waals surface area (Å²) in [5, 5.41) is 5.06. The van der Waals surface area contributed by atoms with Crippen molar-refractivity contribution in [1.29, 1.82) is 0 Å². The summed E-state index contributed by atoms with van der Waals surface area (Å²) in [6.07, 6.45) is 3.65. The second kappa shape index (κ2) is 7.13. The van der Waals surface area contributed by atoms with E-state index >= 15 is 0 Å². The third kappa shape index (κ3) is 2.46. The highest BCUT2D eigenvalue weighted by molar-refractivity contribution is 6.21. The molecule has 6 aromatic carbocycles. The van der Waals surface area contributed by atoms with Crippen LogP contribution in [0.4, 0.5) is 0 Å². The molecule has 4 heteroatoms. The molecule has 2 aromatic heterocycles. The molecular weight excluding hydrogens is 488 g/mol. The number of benzene rings is 6. The Bertz CT molecular complexity index is 2260. The van der Waals surface area contributed by atoms with Crippen LogP contribution in [0.5, 0.6) is 0 Å². The second-order valence-electron chi connectivity index (χ2n) is 10.6. The molecule has 2 aliphatic rings. The lowest BCUT2D eigenvalue weighted by Crippen LogP contribution is -1.96. The van der Waals surface area contributed by atoms with Gasteiger partial charge in [-0.2, -0.15) is 0 Å². The Labute approximate surface area is 228 Å². The van der Waals surface area contributed by atoms with Crippen molar-refractivity contribution < 1.29 is 0 Å². The molecule has 0 atom stereocenters. The van der Waals surface area contributed by atoms with Gasteiger partial charge in [0.1, 0.15) is 11.4 Å². The number of aromatic nitrogens is 4. The topological polar surface area (TPSA) is 51.6 Å². The minimum atomic E-state index is 0.727. The molecular formula is C36H18N4. The Hall–Kier alpha value is -5.48. The lowest BCUT2D eigenvalue weighted by atomic mass is 10.0. The Morgan fingerprint density at radius 3 is 1.25 bits per heavy atom. The van der Waals surface area contributed by atoms with Crippen molar-refractivity contribution in [3.8, 4) is 55.9 Å². The first-order chi connectivity index (χ1) is 19.8. The molecule has 0 unspecified atom stereocenters. The lowest BCUT2D eigenvalue weighted by Gasteiger charge is -2.10. The van der Waals surface area contributed by atoms with Crippen LogP contribution in [0.15, 0.2) is 109 Å². The van der Waals surface area contributed by atoms with E-state index in [1.54, 1.807) is 0 Å². The van der Waals surface area contributed by atoms with Gasteiger partial charge in [0, 0.05) is 11.1 Å². The normalized spacial score (nSPS) is 12.5. The first-order valence-electron chi connectivity index (χ1n) is 13.5. The first kappa shape index (κ1) is 20.5. The highest BCUT2D eigenvalue weighted by Crippen LogP contribution is 2.51. The zero-order valence-electron chi connectivity index (χ0n) is 21.2. The quantitative estimate of drug-likeness (QED) is 0.223. The molecule has 10 rings (SSSR count). The van der Waals surface area contributed by atoms with Gasteiger partial charge >= 0.3 is 0 Å². The smallest absolute Gasteiger partial charge is 0.109 e. The summed E-state index contributed by atoms with van der Waals surface area (Å²) in [6.45, 7) is 0. The van der Waals surface area contributed by atoms with Crippen LogP contribution in [-0.2, 0) is 0 Å². The average Bonchev–Trinajstić information content (AvgIpc) is 3.53. The molecule has 8 aromatic rings. The van der Waals surface area contributed by atoms with Crippen molar-refractivity contribution in [2.24, 2.45) is 0 Å². The molecule has 0 amide bonds. The van der Waals surface area contributed by atoms with Crippen molar-refractivity contribution in [1.82, 2.24) is 19.9 Å². The zero-order chi connectivity index (χ0) is 25.9. The molecule has 2 aliphatic carbocycles. The summed E-state index contributed by atoms with van der Waals surface area (Å²) in [7, 11) is 0. The Morgan fingerprint density at radius 2 is 0.800 bits per heavy atom. The molecule has 0 saturated carbocycles. The van der Waals surface area contributed by atoms with E-state index in [0.717, 1.165) is 44.6 Å². The maximum Gasteiger partial charge on any atom is 0.109 e. The largest absolute Gasteiger partial charge is 0.252 e. The van der Waals surface area contributed by atoms with Crippen LogP contribution >= 0.6 is 0 Å². The van der Waals surface area contributed by atoms with Crippen LogP contribution in [0.1, 0.15) is 0 Å². The summed E-state index contributed by atoms with van der Waals surface area (Å²) in [5.41, 5.74) is 14.7. The van der Waals surface area contributed by atoms with E-state index in [-0.39, 0.29) is 0 Å². The van der Waals surface area contributed by atoms with E-state index in [1.807, 2.05) is 12.4 Å². The number of hydrogen-bond acceptors (Lipinski definition) is 4. The monoisotopic (exact) mass is 506 g/mol. The van der Waals surface area contributed by atoms with Crippen molar-refractivity contribution >= 4 is 43.6 Å². The molecule has 0 fully saturated rings. The minimum absolute atomic E-state index is 0.727. The van der Waals surface area contributed by atoms with Gasteiger partial charge in [-0.1, -0.05) is 84.9 Å². The molecule has 40 heavy (non-hydrogen) atoms. The van der Waals surface area contributed by atoms with E-state index in [4.69, 9.17) is 19.9 Å². The Morgan fingerprint density at radius 1 is 0.375 bits per heavy atom. The first-order valence-corrected chi connectivity index (χ1v) is 13.5. The Kier molecular flexibility index (Phi) is 3.65. The molecule has 0 N–H and O–H groups in total. The number of fused-ring (bicyclic) bond motifs is 10. The molecule has 182 valence electrons. The van der Waals surface area contributed by atoms with Crippen LogP contribution in [0.25, 0.3) is 99.5 Å². The maximum atomic E-state index is 5.20. The van der Waals surface area contributed by atoms with Gasteiger partial charge in [0.05, 0.1) is 34.5 Å². The van der Waals surface area contributed by atoms with Gasteiger partial charge in [-0.25, -0.2) is 9.97 Å². The molecule has 0 bridgehead atoms. The fourth-order valence-electron chi connectivity index (χ4n) is 6.94. The SMILES string of the molecule is c1cc2c3c(cccc3c1)-c1c-2ccc2ncc(-c3cnc4ccc5c(c4n3)-c3cccc4cccc-5c34)nc12. The van der Waals surface area contributed by atoms with Gasteiger partial charge in [-0.3, -0.25) is 9.97 Å². The molecule has 0 aliphatic heterocycles. The Balaban J connectivity index is 1.22. The average molecular weight is 507 g/mol. The minimum Gasteiger partial charge on any atom is -0.252 e. The predicted octanol–water partition coefficient (Wildman–Crippen LogP) is 8.84. The van der Waals surface area contributed by atoms with Crippen LogP contribution in [0.3, 0.4) is 0 Å². The number of rotatable bonds is 1. The third-order valence-electron chi connectivity index (χ3n) is 8.62. The van der Waals surface area contributed by atoms with Crippen molar-refractivity contribution in [2.75, 3.05) is 0 Å². The van der Waals surface area contributed by atoms with Gasteiger partial charge in [0.15, 0.2) is 0 Å². The standard InChI is InChI=1S/C36H18N4/c1-5-19-7-3-11-25-31(19)21(9-1)23-13-15-27-35(33(23)25)39-29(17-37-27)30-18-38-28-16-14-24-22-10-2-6-20-8-4-12-26(32(20)22)34(24)36(28)40-30/h1-18H. The van der Waals surface area contributed by atoms with Gasteiger partial charge in [-0.15, -0.1) is 0 Å². The fourth-order valence-corrected chi connectivity index (χ4v) is 6.94. The van der Waals surface area contributed by atoms with Crippen molar-refractivity contribution in [3.05, 3.63) is 109 Å². The predicted molar refractivity (Wildman–Crippen MR) is 162 cm³/mol. The molecule has 2 heterocycles. The van der Waals surface area contributed by atoms with E-state index in [1.165, 1.54) is 54.9 Å². The van der Waals surface area contributed by atoms with Crippen LogP contribution in [0, 0.1) is 0 Å². The summed E-state index contributed by atoms with van der Waals surface area (Å²) in [5.74, 6) is 0. The zero-order valence-corrected chi connectivity index (χ0v) is 21.2. The maximum absolute atomic E-state index is 5.20. The summed E-state index contributed by atoms with van der Waals surface area (Å²) >= 11 is 0. The summed E-state index contributed by atoms with van der Waals surface area (Å²) < 4.78 is 0. The van der Waals surface area contributed by atoms with Gasteiger partial charge in [-0.05, 0) is 67.1 Å². The van der Waals surface area contributed by atoms with E-state index < -0.39 is 0 Å². The molecule has 4 nitrogen and oxygen atoms in total. The third-order valence-corrected chi connectivity index (χ3v) is 8.62. The highest BCUT2D eigenvalue weighted by atomic mass is 14.9. The molecule has 0 saturated heterocycles. The van der Waals surface area contributed by atoms with Gasteiger partial charge < -0.3 is 0 Å². The number of hydrogen-bond donors (Lipinski definition) is 0. The fraction of sp³-hybridized carbons (Fsp3) is 0. The van der Waals surface area contributed by atoms with E-state index in [2.05, 4.69) is 97.1 Å². The van der Waals surface area contributed by atoms with Crippen LogP contribution in [0.2, 0.25) is 0 Å². The lowest BCUT2D eigenvalue weighted by molar-refractivity contribution is 1.23.